The Morgan fingerprint density at radius 1 is 1.91 bits per heavy atom. The summed E-state index contributed by atoms with van der Waals surface area (Å²) in [6.45, 7) is 1.48. The molecule has 0 heterocycles. The third kappa shape index (κ3) is 5.20. The van der Waals surface area contributed by atoms with Crippen molar-refractivity contribution in [2.24, 2.45) is 10.8 Å². The van der Waals surface area contributed by atoms with E-state index in [4.69, 9.17) is 16.4 Å². The number of nitrogens with two attached hydrogens (primary N) is 1. The van der Waals surface area contributed by atoms with Gasteiger partial charge in [0.05, 0.1) is 5.66 Å². The number of nitrogens with zero attached hydrogens (tertiary/aromatic N) is 3. The molecule has 0 aromatic rings. The van der Waals surface area contributed by atoms with E-state index in [1.54, 1.807) is 0 Å². The van der Waals surface area contributed by atoms with E-state index in [0.717, 1.165) is 0 Å². The number of carboxylic acid groups (broad SMARTS) is 1. The van der Waals surface area contributed by atoms with Crippen molar-refractivity contribution in [2.75, 3.05) is 0 Å². The summed E-state index contributed by atoms with van der Waals surface area (Å²) in [6, 6.07) is 0. The Kier molecular flexibility index (Phi) is 3.36. The van der Waals surface area contributed by atoms with Crippen LogP contribution in [0, 0.1) is 0 Å². The van der Waals surface area contributed by atoms with Crippen LogP contribution in [0.2, 0.25) is 0 Å². The zero-order valence-electron chi connectivity index (χ0n) is 6.19. The minimum atomic E-state index is -1.09. The molecule has 0 aliphatic heterocycles. The number of carboxylic acids is 1. The van der Waals surface area contributed by atoms with E-state index in [9.17, 15) is 4.79 Å². The first-order valence-electron chi connectivity index (χ1n) is 3.05. The fraction of sp³-hybridized carbons (Fsp3) is 0.800. The number of aliphatic carboxylic acids is 1. The fourth-order valence-corrected chi connectivity index (χ4v) is 0.512. The molecule has 62 valence electrons. The van der Waals surface area contributed by atoms with Gasteiger partial charge in [0.25, 0.3) is 0 Å². The van der Waals surface area contributed by atoms with Gasteiger partial charge in [0.15, 0.2) is 0 Å². The van der Waals surface area contributed by atoms with Crippen molar-refractivity contribution in [3.8, 4) is 0 Å². The summed E-state index contributed by atoms with van der Waals surface area (Å²) in [4.78, 5) is 12.6. The molecule has 0 bridgehead atoms. The van der Waals surface area contributed by atoms with Gasteiger partial charge >= 0.3 is 5.97 Å². The predicted molar refractivity (Wildman–Crippen MR) is 38.6 cm³/mol. The molecule has 0 radical (unpaired) electrons. The summed E-state index contributed by atoms with van der Waals surface area (Å²) in [7, 11) is 0. The maximum atomic E-state index is 10.1. The summed E-state index contributed by atoms with van der Waals surface area (Å²) in [5.74, 6) is -0.949. The first-order valence-corrected chi connectivity index (χ1v) is 3.05. The van der Waals surface area contributed by atoms with Gasteiger partial charge in [-0.3, -0.25) is 4.79 Å². The van der Waals surface area contributed by atoms with Crippen LogP contribution < -0.4 is 5.73 Å². The lowest BCUT2D eigenvalue weighted by molar-refractivity contribution is -0.137. The van der Waals surface area contributed by atoms with E-state index >= 15 is 0 Å². The summed E-state index contributed by atoms with van der Waals surface area (Å²) in [5.41, 5.74) is 12.3. The van der Waals surface area contributed by atoms with Gasteiger partial charge in [0, 0.05) is 11.3 Å². The number of rotatable bonds is 4. The summed E-state index contributed by atoms with van der Waals surface area (Å²) < 4.78 is 0. The SMILES string of the molecule is CC(N)(CCC(=O)O)N=[N+]=[N-]. The van der Waals surface area contributed by atoms with E-state index in [0.29, 0.717) is 0 Å². The number of azide groups is 1. The van der Waals surface area contributed by atoms with E-state index in [-0.39, 0.29) is 12.8 Å². The molecule has 1 atom stereocenters. The molecule has 0 rings (SSSR count). The Balaban J connectivity index is 3.91. The van der Waals surface area contributed by atoms with E-state index in [1.165, 1.54) is 6.92 Å². The Bertz CT molecular complexity index is 195. The molecule has 3 N–H and O–H groups in total. The molecule has 0 saturated heterocycles. The monoisotopic (exact) mass is 158 g/mol. The van der Waals surface area contributed by atoms with Crippen molar-refractivity contribution in [3.63, 3.8) is 0 Å². The number of hydrogen-bond donors (Lipinski definition) is 2. The molecular formula is C5H10N4O2. The average molecular weight is 158 g/mol. The maximum Gasteiger partial charge on any atom is 0.303 e. The highest BCUT2D eigenvalue weighted by atomic mass is 16.4. The molecule has 0 aromatic carbocycles. The normalized spacial score (nSPS) is 14.7. The highest BCUT2D eigenvalue weighted by molar-refractivity contribution is 5.66. The van der Waals surface area contributed by atoms with Crippen LogP contribution >= 0.6 is 0 Å². The van der Waals surface area contributed by atoms with Gasteiger partial charge in [0.1, 0.15) is 0 Å². The van der Waals surface area contributed by atoms with Gasteiger partial charge in [-0.15, -0.1) is 0 Å². The van der Waals surface area contributed by atoms with Crippen molar-refractivity contribution < 1.29 is 9.90 Å². The van der Waals surface area contributed by atoms with Crippen LogP contribution in [0.5, 0.6) is 0 Å². The van der Waals surface area contributed by atoms with E-state index in [1.807, 2.05) is 0 Å². The smallest absolute Gasteiger partial charge is 0.303 e. The summed E-state index contributed by atoms with van der Waals surface area (Å²) >= 11 is 0. The Labute approximate surface area is 63.6 Å². The Morgan fingerprint density at radius 3 is 2.82 bits per heavy atom. The molecule has 0 amide bonds. The van der Waals surface area contributed by atoms with E-state index < -0.39 is 11.6 Å². The highest BCUT2D eigenvalue weighted by Crippen LogP contribution is 2.09. The summed E-state index contributed by atoms with van der Waals surface area (Å²) in [6.07, 6.45) is 0.0540. The van der Waals surface area contributed by atoms with Crippen LogP contribution in [-0.2, 0) is 4.79 Å². The lowest BCUT2D eigenvalue weighted by Gasteiger charge is -2.15. The molecule has 0 aromatic heterocycles. The van der Waals surface area contributed by atoms with Crippen LogP contribution in [0.3, 0.4) is 0 Å². The van der Waals surface area contributed by atoms with Crippen molar-refractivity contribution in [1.82, 2.24) is 0 Å². The van der Waals surface area contributed by atoms with Gasteiger partial charge in [-0.1, -0.05) is 5.11 Å². The van der Waals surface area contributed by atoms with Crippen molar-refractivity contribution in [1.29, 1.82) is 0 Å². The van der Waals surface area contributed by atoms with Crippen LogP contribution in [0.25, 0.3) is 10.4 Å². The van der Waals surface area contributed by atoms with Crippen LogP contribution in [0.4, 0.5) is 0 Å². The average Bonchev–Trinajstić information content (AvgIpc) is 1.84. The molecule has 0 spiro atoms. The Hall–Kier alpha value is -1.26. The molecule has 0 fully saturated rings. The topological polar surface area (TPSA) is 112 Å². The molecule has 6 heteroatoms. The van der Waals surface area contributed by atoms with Crippen molar-refractivity contribution in [2.45, 2.75) is 25.4 Å². The van der Waals surface area contributed by atoms with Crippen LogP contribution in [0.15, 0.2) is 5.11 Å². The third-order valence-electron chi connectivity index (χ3n) is 1.12. The van der Waals surface area contributed by atoms with Gasteiger partial charge in [-0.05, 0) is 18.9 Å². The minimum absolute atomic E-state index is 0.0913. The largest absolute Gasteiger partial charge is 0.481 e. The van der Waals surface area contributed by atoms with E-state index in [2.05, 4.69) is 10.0 Å². The van der Waals surface area contributed by atoms with Gasteiger partial charge in [-0.2, -0.15) is 0 Å². The zero-order valence-corrected chi connectivity index (χ0v) is 6.19. The second-order valence-corrected chi connectivity index (χ2v) is 2.44. The first-order chi connectivity index (χ1) is 4.98. The molecule has 0 aliphatic rings. The standard InChI is InChI=1S/C5H10N4O2/c1-5(6,8-9-7)3-2-4(10)11/h2-3,6H2,1H3,(H,10,11). The van der Waals surface area contributed by atoms with Gasteiger partial charge in [-0.25, -0.2) is 0 Å². The van der Waals surface area contributed by atoms with Crippen LogP contribution in [-0.4, -0.2) is 16.7 Å². The zero-order chi connectivity index (χ0) is 8.91. The highest BCUT2D eigenvalue weighted by Gasteiger charge is 2.16. The number of carbonyl (C=O) groups is 1. The quantitative estimate of drug-likeness (QED) is 0.359. The molecular weight excluding hydrogens is 148 g/mol. The first kappa shape index (κ1) is 9.74. The Morgan fingerprint density at radius 2 is 2.45 bits per heavy atom. The predicted octanol–water partition coefficient (Wildman–Crippen LogP) is 0.836. The van der Waals surface area contributed by atoms with Crippen molar-refractivity contribution in [3.05, 3.63) is 10.4 Å². The van der Waals surface area contributed by atoms with Crippen molar-refractivity contribution >= 4 is 5.97 Å². The molecule has 0 aliphatic carbocycles. The third-order valence-corrected chi connectivity index (χ3v) is 1.12. The molecule has 6 nitrogen and oxygen atoms in total. The lowest BCUT2D eigenvalue weighted by atomic mass is 10.1. The fourth-order valence-electron chi connectivity index (χ4n) is 0.512. The molecule has 0 saturated carbocycles. The van der Waals surface area contributed by atoms with Gasteiger partial charge < -0.3 is 10.8 Å². The summed E-state index contributed by atoms with van der Waals surface area (Å²) in [5, 5.41) is 11.5. The molecule has 1 unspecified atom stereocenters. The number of hydrogen-bond acceptors (Lipinski definition) is 3. The minimum Gasteiger partial charge on any atom is -0.481 e. The van der Waals surface area contributed by atoms with Crippen LogP contribution in [0.1, 0.15) is 19.8 Å². The lowest BCUT2D eigenvalue weighted by Crippen LogP contribution is -2.33. The second kappa shape index (κ2) is 3.80. The second-order valence-electron chi connectivity index (χ2n) is 2.44. The van der Waals surface area contributed by atoms with Gasteiger partial charge in [0.2, 0.25) is 0 Å². The maximum absolute atomic E-state index is 10.1. The molecule has 11 heavy (non-hydrogen) atoms.